The number of aliphatic hydroxyl groups is 1. The molecule has 9 heteroatoms. The molecule has 4 rings (SSSR count). The molecule has 5 nitrogen and oxygen atoms in total. The van der Waals surface area contributed by atoms with E-state index < -0.39 is 23.2 Å². The van der Waals surface area contributed by atoms with Crippen molar-refractivity contribution in [2.45, 2.75) is 38.5 Å². The van der Waals surface area contributed by atoms with Gasteiger partial charge in [0.05, 0.1) is 5.69 Å². The summed E-state index contributed by atoms with van der Waals surface area (Å²) in [6, 6.07) is 4.05. The van der Waals surface area contributed by atoms with E-state index in [0.717, 1.165) is 23.7 Å². The monoisotopic (exact) mass is 392 g/mol. The van der Waals surface area contributed by atoms with Crippen LogP contribution in [-0.2, 0) is 18.4 Å². The number of aromatic nitrogens is 4. The Labute approximate surface area is 157 Å². The summed E-state index contributed by atoms with van der Waals surface area (Å²) in [4.78, 5) is 3.78. The zero-order valence-corrected chi connectivity index (χ0v) is 15.0. The van der Waals surface area contributed by atoms with E-state index >= 15 is 0 Å². The van der Waals surface area contributed by atoms with Crippen LogP contribution in [0.2, 0.25) is 0 Å². The minimum absolute atomic E-state index is 0.125. The minimum Gasteiger partial charge on any atom is -0.376 e. The van der Waals surface area contributed by atoms with Crippen LogP contribution in [0.25, 0.3) is 16.8 Å². The van der Waals surface area contributed by atoms with Crippen LogP contribution in [0.15, 0.2) is 30.6 Å². The summed E-state index contributed by atoms with van der Waals surface area (Å²) in [6.45, 7) is 2.41. The predicted molar refractivity (Wildman–Crippen MR) is 92.3 cm³/mol. The first-order valence-electron chi connectivity index (χ1n) is 8.58. The molecule has 2 aromatic heterocycles. The largest absolute Gasteiger partial charge is 0.421 e. The molecular weight excluding hydrogens is 376 g/mol. The van der Waals surface area contributed by atoms with Gasteiger partial charge in [0.1, 0.15) is 17.5 Å². The number of hydrogen-bond acceptors (Lipinski definition) is 4. The zero-order valence-electron chi connectivity index (χ0n) is 15.0. The van der Waals surface area contributed by atoms with E-state index in [1.807, 2.05) is 0 Å². The molecule has 1 aliphatic heterocycles. The number of halogens is 4. The number of hydrogen-bond donors (Lipinski definition) is 1. The Hall–Kier alpha value is -2.81. The maximum Gasteiger partial charge on any atom is 0.421 e. The maximum absolute atomic E-state index is 14.9. The standard InChI is InChI=1S/C19H16F4N4O/c1-10-25-26-17-4-3-11-6-14(15(20)7-16(11)27(10)17)12-5-13(9-24-8-12)18(2,28)19(21,22)23/h5-9,28H,3-4H2,1-2H3. The number of fused-ring (bicyclic) bond motifs is 3. The fraction of sp³-hybridized carbons (Fsp3) is 0.316. The molecule has 0 bridgehead atoms. The van der Waals surface area contributed by atoms with Crippen LogP contribution in [0.1, 0.15) is 29.7 Å². The van der Waals surface area contributed by atoms with Crippen molar-refractivity contribution in [2.75, 3.05) is 0 Å². The van der Waals surface area contributed by atoms with Gasteiger partial charge in [0.2, 0.25) is 0 Å². The predicted octanol–water partition coefficient (Wildman–Crippen LogP) is 3.65. The van der Waals surface area contributed by atoms with Crippen molar-refractivity contribution in [3.63, 3.8) is 0 Å². The van der Waals surface area contributed by atoms with Gasteiger partial charge >= 0.3 is 6.18 Å². The lowest BCUT2D eigenvalue weighted by Gasteiger charge is -2.26. The van der Waals surface area contributed by atoms with Gasteiger partial charge in [-0.05, 0) is 44.0 Å². The highest BCUT2D eigenvalue weighted by molar-refractivity contribution is 5.68. The van der Waals surface area contributed by atoms with Gasteiger partial charge in [-0.15, -0.1) is 10.2 Å². The molecule has 3 heterocycles. The van der Waals surface area contributed by atoms with E-state index in [9.17, 15) is 22.7 Å². The van der Waals surface area contributed by atoms with Gasteiger partial charge in [0.15, 0.2) is 5.60 Å². The Bertz CT molecular complexity index is 1070. The van der Waals surface area contributed by atoms with Crippen LogP contribution < -0.4 is 0 Å². The Morgan fingerprint density at radius 3 is 2.54 bits per heavy atom. The van der Waals surface area contributed by atoms with E-state index in [4.69, 9.17) is 0 Å². The molecule has 1 N–H and O–H groups in total. The third-order valence-electron chi connectivity index (χ3n) is 5.08. The zero-order chi connectivity index (χ0) is 20.3. The van der Waals surface area contributed by atoms with Gasteiger partial charge in [0.25, 0.3) is 0 Å². The lowest BCUT2D eigenvalue weighted by atomic mass is 9.92. The number of aryl methyl sites for hydroxylation is 3. The summed E-state index contributed by atoms with van der Waals surface area (Å²) in [5, 5.41) is 18.0. The minimum atomic E-state index is -4.88. The highest BCUT2D eigenvalue weighted by Crippen LogP contribution is 2.40. The average Bonchev–Trinajstić information content (AvgIpc) is 3.02. The van der Waals surface area contributed by atoms with Crippen LogP contribution in [-0.4, -0.2) is 31.0 Å². The topological polar surface area (TPSA) is 63.8 Å². The van der Waals surface area contributed by atoms with Gasteiger partial charge in [-0.25, -0.2) is 4.39 Å². The van der Waals surface area contributed by atoms with Crippen LogP contribution in [0.3, 0.4) is 0 Å². The van der Waals surface area contributed by atoms with Gasteiger partial charge < -0.3 is 5.11 Å². The second-order valence-corrected chi connectivity index (χ2v) is 6.99. The Morgan fingerprint density at radius 1 is 1.07 bits per heavy atom. The van der Waals surface area contributed by atoms with Crippen LogP contribution in [0.4, 0.5) is 17.6 Å². The summed E-state index contributed by atoms with van der Waals surface area (Å²) in [7, 11) is 0. The summed E-state index contributed by atoms with van der Waals surface area (Å²) in [5.74, 6) is 0.764. The van der Waals surface area contributed by atoms with E-state index in [1.165, 1.54) is 12.3 Å². The molecule has 0 fully saturated rings. The highest BCUT2D eigenvalue weighted by atomic mass is 19.4. The molecule has 1 aliphatic rings. The summed E-state index contributed by atoms with van der Waals surface area (Å²) < 4.78 is 56.1. The Balaban J connectivity index is 1.82. The first-order chi connectivity index (χ1) is 13.1. The molecule has 146 valence electrons. The second kappa shape index (κ2) is 6.10. The van der Waals surface area contributed by atoms with Crippen LogP contribution in [0, 0.1) is 12.7 Å². The average molecular weight is 392 g/mol. The lowest BCUT2D eigenvalue weighted by Crippen LogP contribution is -2.39. The molecule has 1 aromatic carbocycles. The summed E-state index contributed by atoms with van der Waals surface area (Å²) in [6.07, 6.45) is -1.45. The van der Waals surface area contributed by atoms with Crippen molar-refractivity contribution in [1.29, 1.82) is 0 Å². The number of alkyl halides is 3. The fourth-order valence-electron chi connectivity index (χ4n) is 3.38. The van der Waals surface area contributed by atoms with Crippen LogP contribution in [0.5, 0.6) is 0 Å². The fourth-order valence-corrected chi connectivity index (χ4v) is 3.38. The number of rotatable bonds is 2. The SMILES string of the molecule is Cc1nnc2n1-c1cc(F)c(-c3cncc(C(C)(O)C(F)(F)F)c3)cc1CC2. The Kier molecular flexibility index (Phi) is 4.04. The molecule has 0 saturated heterocycles. The van der Waals surface area contributed by atoms with E-state index in [-0.39, 0.29) is 11.1 Å². The molecule has 0 radical (unpaired) electrons. The first-order valence-corrected chi connectivity index (χ1v) is 8.58. The van der Waals surface area contributed by atoms with Gasteiger partial charge in [-0.1, -0.05) is 0 Å². The normalized spacial score (nSPS) is 15.7. The Morgan fingerprint density at radius 2 is 1.82 bits per heavy atom. The van der Waals surface area contributed by atoms with Crippen LogP contribution >= 0.6 is 0 Å². The van der Waals surface area contributed by atoms with E-state index in [1.54, 1.807) is 17.6 Å². The summed E-state index contributed by atoms with van der Waals surface area (Å²) >= 11 is 0. The van der Waals surface area contributed by atoms with Crippen molar-refractivity contribution in [1.82, 2.24) is 19.7 Å². The molecule has 3 aromatic rings. The van der Waals surface area contributed by atoms with Crippen molar-refractivity contribution in [3.05, 3.63) is 59.2 Å². The molecule has 0 saturated carbocycles. The molecule has 1 unspecified atom stereocenters. The maximum atomic E-state index is 14.9. The van der Waals surface area contributed by atoms with E-state index in [2.05, 4.69) is 15.2 Å². The van der Waals surface area contributed by atoms with Gasteiger partial charge in [-0.2, -0.15) is 13.2 Å². The molecule has 0 spiro atoms. The van der Waals surface area contributed by atoms with Crippen molar-refractivity contribution in [3.8, 4) is 16.8 Å². The number of pyridine rings is 1. The van der Waals surface area contributed by atoms with E-state index in [0.29, 0.717) is 31.3 Å². The third kappa shape index (κ3) is 2.77. The number of benzene rings is 1. The molecule has 0 aliphatic carbocycles. The lowest BCUT2D eigenvalue weighted by molar-refractivity contribution is -0.259. The first kappa shape index (κ1) is 18.5. The third-order valence-corrected chi connectivity index (χ3v) is 5.08. The van der Waals surface area contributed by atoms with Crippen molar-refractivity contribution in [2.24, 2.45) is 0 Å². The van der Waals surface area contributed by atoms with Crippen molar-refractivity contribution < 1.29 is 22.7 Å². The smallest absolute Gasteiger partial charge is 0.376 e. The molecule has 0 amide bonds. The quantitative estimate of drug-likeness (QED) is 0.677. The summed E-state index contributed by atoms with van der Waals surface area (Å²) in [5.41, 5.74) is -1.80. The van der Waals surface area contributed by atoms with Crippen molar-refractivity contribution >= 4 is 0 Å². The molecule has 28 heavy (non-hydrogen) atoms. The molecular formula is C19H16F4N4O. The second-order valence-electron chi connectivity index (χ2n) is 6.99. The highest BCUT2D eigenvalue weighted by Gasteiger charge is 2.51. The van der Waals surface area contributed by atoms with Gasteiger partial charge in [-0.3, -0.25) is 9.55 Å². The number of nitrogens with zero attached hydrogens (tertiary/aromatic N) is 4. The van der Waals surface area contributed by atoms with Gasteiger partial charge in [0, 0.05) is 35.5 Å². The molecule has 1 atom stereocenters.